The highest BCUT2D eigenvalue weighted by molar-refractivity contribution is 6.30. The average Bonchev–Trinajstić information content (AvgIpc) is 3.28. The summed E-state index contributed by atoms with van der Waals surface area (Å²) in [6, 6.07) is 17.9. The van der Waals surface area contributed by atoms with Gasteiger partial charge >= 0.3 is 0 Å². The summed E-state index contributed by atoms with van der Waals surface area (Å²) in [4.78, 5) is 34.6. The Labute approximate surface area is 236 Å². The second-order valence-electron chi connectivity index (χ2n) is 10.3. The van der Waals surface area contributed by atoms with Crippen LogP contribution in [0, 0.1) is 18.7 Å². The smallest absolute Gasteiger partial charge is 0.297 e. The van der Waals surface area contributed by atoms with E-state index < -0.39 is 17.4 Å². The topological polar surface area (TPSA) is 94.4 Å². The van der Waals surface area contributed by atoms with Gasteiger partial charge < -0.3 is 15.1 Å². The molecule has 2 N–H and O–H groups in total. The van der Waals surface area contributed by atoms with Crippen molar-refractivity contribution in [1.29, 1.82) is 0 Å². The third-order valence-corrected chi connectivity index (χ3v) is 7.19. The molecule has 1 unspecified atom stereocenters. The number of benzene rings is 3. The van der Waals surface area contributed by atoms with Crippen molar-refractivity contribution in [3.63, 3.8) is 0 Å². The minimum atomic E-state index is -0.632. The summed E-state index contributed by atoms with van der Waals surface area (Å²) >= 11 is 6.26. The van der Waals surface area contributed by atoms with Crippen molar-refractivity contribution >= 4 is 39.6 Å². The summed E-state index contributed by atoms with van der Waals surface area (Å²) < 4.78 is 21.7. The molecule has 2 heterocycles. The van der Waals surface area contributed by atoms with Gasteiger partial charge in [-0.05, 0) is 60.9 Å². The number of rotatable bonds is 8. The standard InChI is InChI=1S/C31H30ClFN4O3/c1-18(2)27(36(14-13-34)30(38)21-9-7-19(3)8-10-21)29-35-26-24-16-23(33)11-12-25(24)40-28(26)31(39)37(29)17-20-5-4-6-22(32)15-20/h4-12,15-16,18,27H,13-14,17,34H2,1-3H3. The number of carbonyl (C=O) groups is 1. The maximum Gasteiger partial charge on any atom is 0.297 e. The van der Waals surface area contributed by atoms with Crippen LogP contribution in [0.25, 0.3) is 22.1 Å². The lowest BCUT2D eigenvalue weighted by atomic mass is 9.99. The molecule has 0 saturated heterocycles. The summed E-state index contributed by atoms with van der Waals surface area (Å²) in [5.74, 6) is -0.503. The van der Waals surface area contributed by atoms with Gasteiger partial charge in [-0.2, -0.15) is 0 Å². The maximum absolute atomic E-state index is 14.3. The highest BCUT2D eigenvalue weighted by atomic mass is 35.5. The van der Waals surface area contributed by atoms with Gasteiger partial charge in [0.15, 0.2) is 0 Å². The first-order chi connectivity index (χ1) is 19.2. The van der Waals surface area contributed by atoms with Crippen LogP contribution in [0.4, 0.5) is 4.39 Å². The maximum atomic E-state index is 14.3. The number of fused-ring (bicyclic) bond motifs is 3. The SMILES string of the molecule is Cc1ccc(C(=O)N(CCN)C(c2nc3c(oc4ccc(F)cc43)c(=O)n2Cc2cccc(Cl)c2)C(C)C)cc1. The molecule has 2 aromatic heterocycles. The van der Waals surface area contributed by atoms with Crippen molar-refractivity contribution in [2.75, 3.05) is 13.1 Å². The summed E-state index contributed by atoms with van der Waals surface area (Å²) in [6.07, 6.45) is 0. The fourth-order valence-electron chi connectivity index (χ4n) is 5.08. The molecule has 0 spiro atoms. The Hall–Kier alpha value is -4.01. The predicted molar refractivity (Wildman–Crippen MR) is 155 cm³/mol. The van der Waals surface area contributed by atoms with E-state index in [2.05, 4.69) is 0 Å². The zero-order valence-corrected chi connectivity index (χ0v) is 23.3. The van der Waals surface area contributed by atoms with E-state index in [-0.39, 0.29) is 42.6 Å². The molecule has 1 atom stereocenters. The molecule has 7 nitrogen and oxygen atoms in total. The number of aromatic nitrogens is 2. The van der Waals surface area contributed by atoms with Crippen LogP contribution in [-0.4, -0.2) is 33.4 Å². The number of amides is 1. The number of nitrogens with two attached hydrogens (primary N) is 1. The van der Waals surface area contributed by atoms with E-state index >= 15 is 0 Å². The lowest BCUT2D eigenvalue weighted by Gasteiger charge is -2.35. The number of halogens is 2. The number of aryl methyl sites for hydroxylation is 1. The fraction of sp³-hybridized carbons (Fsp3) is 0.258. The lowest BCUT2D eigenvalue weighted by molar-refractivity contribution is 0.0612. The monoisotopic (exact) mass is 560 g/mol. The lowest BCUT2D eigenvalue weighted by Crippen LogP contribution is -2.43. The van der Waals surface area contributed by atoms with Crippen molar-refractivity contribution in [3.05, 3.63) is 110 Å². The van der Waals surface area contributed by atoms with E-state index in [4.69, 9.17) is 26.7 Å². The molecule has 0 fully saturated rings. The Morgan fingerprint density at radius 3 is 2.55 bits per heavy atom. The highest BCUT2D eigenvalue weighted by Gasteiger charge is 2.33. The van der Waals surface area contributed by atoms with Crippen LogP contribution < -0.4 is 11.3 Å². The molecule has 9 heteroatoms. The van der Waals surface area contributed by atoms with Crippen LogP contribution >= 0.6 is 11.6 Å². The van der Waals surface area contributed by atoms with Crippen LogP contribution in [0.5, 0.6) is 0 Å². The van der Waals surface area contributed by atoms with Crippen molar-refractivity contribution in [2.45, 2.75) is 33.4 Å². The first kappa shape index (κ1) is 27.6. The van der Waals surface area contributed by atoms with Crippen molar-refractivity contribution in [2.24, 2.45) is 11.7 Å². The van der Waals surface area contributed by atoms with E-state index in [0.717, 1.165) is 11.1 Å². The second kappa shape index (κ2) is 11.2. The highest BCUT2D eigenvalue weighted by Crippen LogP contribution is 2.33. The van der Waals surface area contributed by atoms with Gasteiger partial charge in [0.1, 0.15) is 22.7 Å². The number of furan rings is 1. The van der Waals surface area contributed by atoms with Gasteiger partial charge in [-0.15, -0.1) is 0 Å². The van der Waals surface area contributed by atoms with Gasteiger partial charge in [0.05, 0.1) is 12.6 Å². The molecule has 5 aromatic rings. The first-order valence-corrected chi connectivity index (χ1v) is 13.5. The molecular formula is C31H30ClFN4O3. The molecule has 0 aliphatic carbocycles. The zero-order chi connectivity index (χ0) is 28.6. The number of hydrogen-bond acceptors (Lipinski definition) is 5. The Balaban J connectivity index is 1.77. The third kappa shape index (κ3) is 5.24. The van der Waals surface area contributed by atoms with E-state index in [1.165, 1.54) is 22.8 Å². The molecule has 0 aliphatic rings. The Kier molecular flexibility index (Phi) is 7.74. The van der Waals surface area contributed by atoms with Crippen LogP contribution in [-0.2, 0) is 6.54 Å². The molecule has 0 saturated carbocycles. The number of nitrogens with zero attached hydrogens (tertiary/aromatic N) is 3. The average molecular weight is 561 g/mol. The van der Waals surface area contributed by atoms with Gasteiger partial charge in [-0.25, -0.2) is 9.37 Å². The molecule has 0 aliphatic heterocycles. The van der Waals surface area contributed by atoms with Crippen LogP contribution in [0.15, 0.2) is 75.9 Å². The van der Waals surface area contributed by atoms with Gasteiger partial charge in [0, 0.05) is 29.1 Å². The van der Waals surface area contributed by atoms with Crippen LogP contribution in [0.1, 0.15) is 47.2 Å². The first-order valence-electron chi connectivity index (χ1n) is 13.1. The molecule has 3 aromatic carbocycles. The number of hydrogen-bond donors (Lipinski definition) is 1. The third-order valence-electron chi connectivity index (χ3n) is 6.96. The van der Waals surface area contributed by atoms with Gasteiger partial charge in [0.2, 0.25) is 5.58 Å². The Bertz CT molecular complexity index is 1760. The molecule has 1 amide bonds. The summed E-state index contributed by atoms with van der Waals surface area (Å²) in [5.41, 5.74) is 8.50. The predicted octanol–water partition coefficient (Wildman–Crippen LogP) is 6.09. The van der Waals surface area contributed by atoms with E-state index in [1.807, 2.05) is 39.0 Å². The van der Waals surface area contributed by atoms with E-state index in [0.29, 0.717) is 27.4 Å². The molecule has 0 radical (unpaired) electrons. The van der Waals surface area contributed by atoms with Crippen molar-refractivity contribution < 1.29 is 13.6 Å². The minimum Gasteiger partial charge on any atom is -0.448 e. The van der Waals surface area contributed by atoms with Crippen molar-refractivity contribution in [3.8, 4) is 0 Å². The fourth-order valence-corrected chi connectivity index (χ4v) is 5.29. The zero-order valence-electron chi connectivity index (χ0n) is 22.5. The summed E-state index contributed by atoms with van der Waals surface area (Å²) in [7, 11) is 0. The molecule has 5 rings (SSSR count). The van der Waals surface area contributed by atoms with Gasteiger partial charge in [-0.1, -0.05) is 55.3 Å². The largest absolute Gasteiger partial charge is 0.448 e. The number of carbonyl (C=O) groups excluding carboxylic acids is 1. The quantitative estimate of drug-likeness (QED) is 0.248. The van der Waals surface area contributed by atoms with Crippen LogP contribution in [0.2, 0.25) is 5.02 Å². The molecular weight excluding hydrogens is 531 g/mol. The molecule has 206 valence electrons. The molecule has 40 heavy (non-hydrogen) atoms. The van der Waals surface area contributed by atoms with Gasteiger partial charge in [0.25, 0.3) is 11.5 Å². The Morgan fingerprint density at radius 1 is 1.12 bits per heavy atom. The van der Waals surface area contributed by atoms with E-state index in [9.17, 15) is 14.0 Å². The van der Waals surface area contributed by atoms with E-state index in [1.54, 1.807) is 35.2 Å². The second-order valence-corrected chi connectivity index (χ2v) is 10.7. The van der Waals surface area contributed by atoms with Crippen LogP contribution in [0.3, 0.4) is 0 Å². The summed E-state index contributed by atoms with van der Waals surface area (Å²) in [5, 5.41) is 0.918. The summed E-state index contributed by atoms with van der Waals surface area (Å²) in [6.45, 7) is 6.46. The molecule has 0 bridgehead atoms. The van der Waals surface area contributed by atoms with Gasteiger partial charge in [-0.3, -0.25) is 14.2 Å². The minimum absolute atomic E-state index is 0.0177. The Morgan fingerprint density at radius 2 is 1.88 bits per heavy atom. The normalized spacial score (nSPS) is 12.4. The van der Waals surface area contributed by atoms with Crippen molar-refractivity contribution in [1.82, 2.24) is 14.5 Å².